The first-order valence-electron chi connectivity index (χ1n) is 8.40. The Hall–Kier alpha value is -1.75. The summed E-state index contributed by atoms with van der Waals surface area (Å²) >= 11 is 6.42. The number of nitrogens with zero attached hydrogens (tertiary/aromatic N) is 1. The number of aryl methyl sites for hydroxylation is 1. The van der Waals surface area contributed by atoms with Crippen LogP contribution in [0.2, 0.25) is 5.02 Å². The van der Waals surface area contributed by atoms with E-state index in [0.717, 1.165) is 24.2 Å². The van der Waals surface area contributed by atoms with Gasteiger partial charge in [-0.1, -0.05) is 41.4 Å². The second-order valence-corrected chi connectivity index (χ2v) is 6.76. The summed E-state index contributed by atoms with van der Waals surface area (Å²) in [6, 6.07) is 12.0. The average molecular weight is 363 g/mol. The Balaban J connectivity index is 2.02. The summed E-state index contributed by atoms with van der Waals surface area (Å²) in [6.45, 7) is 5.12. The van der Waals surface area contributed by atoms with Crippen molar-refractivity contribution in [2.24, 2.45) is 0 Å². The minimum atomic E-state index is 0.481. The molecule has 0 aliphatic rings. The first-order valence-corrected chi connectivity index (χ1v) is 8.77. The molecule has 0 fully saturated rings. The molecule has 0 atom stereocenters. The predicted octanol–water partition coefficient (Wildman–Crippen LogP) is 3.89. The molecule has 0 radical (unpaired) electrons. The van der Waals surface area contributed by atoms with Crippen molar-refractivity contribution in [3.8, 4) is 11.5 Å². The number of halogens is 1. The van der Waals surface area contributed by atoms with Crippen molar-refractivity contribution in [2.75, 3.05) is 34.3 Å². The van der Waals surface area contributed by atoms with E-state index >= 15 is 0 Å². The van der Waals surface area contributed by atoms with Gasteiger partial charge < -0.3 is 19.7 Å². The van der Waals surface area contributed by atoms with Gasteiger partial charge in [-0.3, -0.25) is 0 Å². The summed E-state index contributed by atoms with van der Waals surface area (Å²) < 4.78 is 11.4. The third-order valence-electron chi connectivity index (χ3n) is 3.86. The zero-order chi connectivity index (χ0) is 18.2. The molecule has 0 aliphatic carbocycles. The van der Waals surface area contributed by atoms with E-state index in [2.05, 4.69) is 43.4 Å². The van der Waals surface area contributed by atoms with Gasteiger partial charge in [0.1, 0.15) is 6.61 Å². The van der Waals surface area contributed by atoms with Crippen molar-refractivity contribution >= 4 is 11.6 Å². The van der Waals surface area contributed by atoms with Crippen molar-refractivity contribution in [2.45, 2.75) is 20.1 Å². The standard InChI is InChI=1S/C20H27ClN2O2/c1-15-6-5-7-16(10-15)14-25-20-12-18(21)17(11-19(20)24-4)13-22-8-9-23(2)3/h5-7,10-12,22H,8-9,13-14H2,1-4H3. The minimum Gasteiger partial charge on any atom is -0.493 e. The van der Waals surface area contributed by atoms with Gasteiger partial charge in [0.05, 0.1) is 7.11 Å². The normalized spacial score (nSPS) is 11.0. The van der Waals surface area contributed by atoms with Crippen molar-refractivity contribution in [1.82, 2.24) is 10.2 Å². The van der Waals surface area contributed by atoms with Gasteiger partial charge in [0, 0.05) is 30.7 Å². The van der Waals surface area contributed by atoms with Gasteiger partial charge in [0.25, 0.3) is 0 Å². The molecular formula is C20H27ClN2O2. The van der Waals surface area contributed by atoms with Gasteiger partial charge >= 0.3 is 0 Å². The Bertz CT molecular complexity index is 689. The maximum Gasteiger partial charge on any atom is 0.163 e. The Morgan fingerprint density at radius 1 is 1.12 bits per heavy atom. The lowest BCUT2D eigenvalue weighted by molar-refractivity contribution is 0.284. The highest BCUT2D eigenvalue weighted by molar-refractivity contribution is 6.31. The summed E-state index contributed by atoms with van der Waals surface area (Å²) in [5.41, 5.74) is 3.33. The maximum atomic E-state index is 6.42. The molecule has 2 aromatic rings. The monoisotopic (exact) mass is 362 g/mol. The molecule has 4 nitrogen and oxygen atoms in total. The Morgan fingerprint density at radius 2 is 1.92 bits per heavy atom. The zero-order valence-corrected chi connectivity index (χ0v) is 16.2. The third-order valence-corrected chi connectivity index (χ3v) is 4.21. The van der Waals surface area contributed by atoms with Crippen molar-refractivity contribution < 1.29 is 9.47 Å². The van der Waals surface area contributed by atoms with E-state index in [0.29, 0.717) is 29.7 Å². The van der Waals surface area contributed by atoms with Crippen molar-refractivity contribution in [3.05, 3.63) is 58.1 Å². The molecule has 0 aromatic heterocycles. The van der Waals surface area contributed by atoms with E-state index in [1.54, 1.807) is 7.11 Å². The molecule has 2 rings (SSSR count). The van der Waals surface area contributed by atoms with Crippen LogP contribution in [0.15, 0.2) is 36.4 Å². The van der Waals surface area contributed by atoms with Gasteiger partial charge in [-0.25, -0.2) is 0 Å². The highest BCUT2D eigenvalue weighted by Gasteiger charge is 2.11. The summed E-state index contributed by atoms with van der Waals surface area (Å²) in [7, 11) is 5.75. The number of rotatable bonds is 9. The summed E-state index contributed by atoms with van der Waals surface area (Å²) in [6.07, 6.45) is 0. The van der Waals surface area contributed by atoms with Gasteiger partial charge in [0.15, 0.2) is 11.5 Å². The zero-order valence-electron chi connectivity index (χ0n) is 15.4. The van der Waals surface area contributed by atoms with Crippen molar-refractivity contribution in [1.29, 1.82) is 0 Å². The number of benzene rings is 2. The fraction of sp³-hybridized carbons (Fsp3) is 0.400. The number of nitrogens with one attached hydrogen (secondary N) is 1. The maximum absolute atomic E-state index is 6.42. The first-order chi connectivity index (χ1) is 12.0. The lowest BCUT2D eigenvalue weighted by atomic mass is 10.1. The van der Waals surface area contributed by atoms with Gasteiger partial charge in [-0.05, 0) is 38.2 Å². The molecule has 0 unspecified atom stereocenters. The molecular weight excluding hydrogens is 336 g/mol. The molecule has 5 heteroatoms. The fourth-order valence-electron chi connectivity index (χ4n) is 2.47. The predicted molar refractivity (Wildman–Crippen MR) is 104 cm³/mol. The highest BCUT2D eigenvalue weighted by atomic mass is 35.5. The van der Waals surface area contributed by atoms with Gasteiger partial charge in [0.2, 0.25) is 0 Å². The van der Waals surface area contributed by atoms with E-state index in [9.17, 15) is 0 Å². The number of methoxy groups -OCH3 is 1. The van der Waals surface area contributed by atoms with Crippen LogP contribution in [0, 0.1) is 6.92 Å². The number of ether oxygens (including phenoxy) is 2. The molecule has 0 spiro atoms. The van der Waals surface area contributed by atoms with Crippen LogP contribution in [0.5, 0.6) is 11.5 Å². The molecule has 0 heterocycles. The molecule has 0 saturated carbocycles. The highest BCUT2D eigenvalue weighted by Crippen LogP contribution is 2.34. The molecule has 0 saturated heterocycles. The fourth-order valence-corrected chi connectivity index (χ4v) is 2.69. The quantitative estimate of drug-likeness (QED) is 0.686. The van der Waals surface area contributed by atoms with Crippen LogP contribution in [0.3, 0.4) is 0 Å². The summed E-state index contributed by atoms with van der Waals surface area (Å²) in [5, 5.41) is 4.06. The van der Waals surface area contributed by atoms with Crippen LogP contribution in [0.25, 0.3) is 0 Å². The Labute approximate surface area is 155 Å². The van der Waals surface area contributed by atoms with E-state index in [1.165, 1.54) is 5.56 Å². The lowest BCUT2D eigenvalue weighted by Gasteiger charge is -2.15. The molecule has 2 aromatic carbocycles. The minimum absolute atomic E-state index is 0.481. The molecule has 1 N–H and O–H groups in total. The van der Waals surface area contributed by atoms with E-state index in [4.69, 9.17) is 21.1 Å². The largest absolute Gasteiger partial charge is 0.493 e. The Morgan fingerprint density at radius 3 is 2.60 bits per heavy atom. The molecule has 0 bridgehead atoms. The van der Waals surface area contributed by atoms with Crippen molar-refractivity contribution in [3.63, 3.8) is 0 Å². The molecule has 25 heavy (non-hydrogen) atoms. The van der Waals surface area contributed by atoms with Gasteiger partial charge in [-0.15, -0.1) is 0 Å². The summed E-state index contributed by atoms with van der Waals surface area (Å²) in [5.74, 6) is 1.35. The van der Waals surface area contributed by atoms with Gasteiger partial charge in [-0.2, -0.15) is 0 Å². The smallest absolute Gasteiger partial charge is 0.163 e. The molecule has 136 valence electrons. The van der Waals surface area contributed by atoms with E-state index < -0.39 is 0 Å². The Kier molecular flexibility index (Phi) is 7.56. The molecule has 0 aliphatic heterocycles. The van der Waals surface area contributed by atoms with Crippen LogP contribution in [-0.4, -0.2) is 39.2 Å². The summed E-state index contributed by atoms with van der Waals surface area (Å²) in [4.78, 5) is 2.14. The first kappa shape index (κ1) is 19.6. The van der Waals surface area contributed by atoms with Crippen LogP contribution >= 0.6 is 11.6 Å². The second-order valence-electron chi connectivity index (χ2n) is 6.35. The second kappa shape index (κ2) is 9.66. The molecule has 0 amide bonds. The van der Waals surface area contributed by atoms with E-state index in [-0.39, 0.29) is 0 Å². The average Bonchev–Trinajstić information content (AvgIpc) is 2.58. The topological polar surface area (TPSA) is 33.7 Å². The third kappa shape index (κ3) is 6.24. The van der Waals surface area contributed by atoms with E-state index in [1.807, 2.05) is 24.3 Å². The van der Waals surface area contributed by atoms with Crippen LogP contribution in [0.4, 0.5) is 0 Å². The number of likely N-dealkylation sites (N-methyl/N-ethyl adjacent to an activating group) is 1. The number of hydrogen-bond acceptors (Lipinski definition) is 4. The lowest BCUT2D eigenvalue weighted by Crippen LogP contribution is -2.26. The number of hydrogen-bond donors (Lipinski definition) is 1. The van der Waals surface area contributed by atoms with Crippen LogP contribution in [-0.2, 0) is 13.2 Å². The van der Waals surface area contributed by atoms with Crippen LogP contribution in [0.1, 0.15) is 16.7 Å². The SMILES string of the molecule is COc1cc(CNCCN(C)C)c(Cl)cc1OCc1cccc(C)c1. The van der Waals surface area contributed by atoms with Crippen LogP contribution < -0.4 is 14.8 Å².